The summed E-state index contributed by atoms with van der Waals surface area (Å²) in [7, 11) is 0. The van der Waals surface area contributed by atoms with Gasteiger partial charge in [0, 0.05) is 12.8 Å². The lowest BCUT2D eigenvalue weighted by molar-refractivity contribution is -0.302. The maximum atomic E-state index is 13.0. The van der Waals surface area contributed by atoms with Gasteiger partial charge < -0.3 is 45.1 Å². The SMILES string of the molecule is CCCCCCCC/C=C\CCCCCCCCCCCC(=O)OCCCCCCCCCCCCCC/C=C\CCCCCCCCCCCCC(=O)NC(COC1OC(CO)C(O)C(O)C1O)C(O)/C=C/CCCCCCCCC. The minimum absolute atomic E-state index is 0.00412. The highest BCUT2D eigenvalue weighted by Gasteiger charge is 2.44. The molecule has 82 heavy (non-hydrogen) atoms. The molecule has 11 heteroatoms. The summed E-state index contributed by atoms with van der Waals surface area (Å²) in [5.41, 5.74) is 0. The number of aliphatic hydroxyl groups is 5. The van der Waals surface area contributed by atoms with Gasteiger partial charge in [-0.2, -0.15) is 0 Å². The first kappa shape index (κ1) is 77.9. The Kier molecular flexibility index (Phi) is 57.5. The van der Waals surface area contributed by atoms with E-state index in [4.69, 9.17) is 14.2 Å². The molecule has 1 fully saturated rings. The van der Waals surface area contributed by atoms with E-state index < -0.39 is 49.5 Å². The zero-order valence-corrected chi connectivity index (χ0v) is 53.5. The van der Waals surface area contributed by atoms with Gasteiger partial charge in [0.05, 0.1) is 32.0 Å². The Balaban J connectivity index is 1.92. The maximum Gasteiger partial charge on any atom is 0.305 e. The van der Waals surface area contributed by atoms with Crippen LogP contribution in [-0.4, -0.2) is 100 Å². The summed E-state index contributed by atoms with van der Waals surface area (Å²) in [6.07, 6.45) is 67.2. The number of esters is 1. The lowest BCUT2D eigenvalue weighted by Crippen LogP contribution is -2.60. The smallest absolute Gasteiger partial charge is 0.305 e. The van der Waals surface area contributed by atoms with Crippen molar-refractivity contribution in [2.45, 2.75) is 384 Å². The van der Waals surface area contributed by atoms with E-state index in [1.807, 2.05) is 6.08 Å². The Morgan fingerprint density at radius 3 is 1.17 bits per heavy atom. The average Bonchev–Trinajstić information content (AvgIpc) is 3.63. The van der Waals surface area contributed by atoms with Crippen molar-refractivity contribution in [3.05, 3.63) is 36.5 Å². The van der Waals surface area contributed by atoms with Crippen LogP contribution < -0.4 is 5.32 Å². The van der Waals surface area contributed by atoms with Gasteiger partial charge in [0.1, 0.15) is 24.4 Å². The summed E-state index contributed by atoms with van der Waals surface area (Å²) in [6, 6.07) is -0.810. The van der Waals surface area contributed by atoms with E-state index in [-0.39, 0.29) is 18.5 Å². The highest BCUT2D eigenvalue weighted by molar-refractivity contribution is 5.76. The predicted molar refractivity (Wildman–Crippen MR) is 343 cm³/mol. The van der Waals surface area contributed by atoms with Crippen LogP contribution in [-0.2, 0) is 23.8 Å². The van der Waals surface area contributed by atoms with Gasteiger partial charge >= 0.3 is 5.97 Å². The van der Waals surface area contributed by atoms with E-state index in [9.17, 15) is 35.1 Å². The van der Waals surface area contributed by atoms with Crippen LogP contribution in [0.2, 0.25) is 0 Å². The quantitative estimate of drug-likeness (QED) is 0.0195. The van der Waals surface area contributed by atoms with E-state index in [0.29, 0.717) is 19.4 Å². The standard InChI is InChI=1S/C71H133NO10/c1-3-5-7-9-11-13-14-15-16-17-26-30-33-36-39-43-47-51-55-59-67(76)80-60-56-52-48-44-40-37-34-31-28-25-23-21-19-18-20-22-24-27-29-32-35-38-42-46-50-54-58-66(75)72-63(64(74)57-53-49-45-41-12-10-8-6-4-2)62-81-71-70(79)69(78)68(77)65(61-73)82-71/h15-16,18,20,53,57,63-65,68-71,73-74,77-79H,3-14,17,19,21-52,54-56,58-62H2,1-2H3,(H,72,75)/b16-15-,20-18-,57-53+. The van der Waals surface area contributed by atoms with Crippen molar-refractivity contribution in [1.29, 1.82) is 0 Å². The molecule has 1 heterocycles. The largest absolute Gasteiger partial charge is 0.466 e. The topological polar surface area (TPSA) is 175 Å². The fourth-order valence-corrected chi connectivity index (χ4v) is 11.1. The second kappa shape index (κ2) is 60.6. The van der Waals surface area contributed by atoms with E-state index in [1.165, 1.54) is 257 Å². The third-order valence-corrected chi connectivity index (χ3v) is 16.7. The zero-order chi connectivity index (χ0) is 59.5. The van der Waals surface area contributed by atoms with Crippen LogP contribution in [0, 0.1) is 0 Å². The molecule has 482 valence electrons. The Morgan fingerprint density at radius 2 is 0.780 bits per heavy atom. The predicted octanol–water partition coefficient (Wildman–Crippen LogP) is 17.8. The first-order valence-electron chi connectivity index (χ1n) is 35.3. The molecule has 0 bridgehead atoms. The Labute approximate surface area is 504 Å². The Hall–Kier alpha value is -2.12. The molecule has 0 aromatic rings. The van der Waals surface area contributed by atoms with Crippen molar-refractivity contribution in [2.24, 2.45) is 0 Å². The van der Waals surface area contributed by atoms with Crippen LogP contribution in [0.1, 0.15) is 341 Å². The average molecular weight is 1160 g/mol. The zero-order valence-electron chi connectivity index (χ0n) is 53.5. The summed E-state index contributed by atoms with van der Waals surface area (Å²) in [5, 5.41) is 54.3. The molecule has 7 unspecified atom stereocenters. The van der Waals surface area contributed by atoms with Crippen LogP contribution >= 0.6 is 0 Å². The molecular weight excluding hydrogens is 1030 g/mol. The molecule has 1 aliphatic heterocycles. The number of allylic oxidation sites excluding steroid dienone is 5. The number of unbranched alkanes of at least 4 members (excludes halogenated alkanes) is 44. The highest BCUT2D eigenvalue weighted by Crippen LogP contribution is 2.23. The Bertz CT molecular complexity index is 1460. The lowest BCUT2D eigenvalue weighted by atomic mass is 9.99. The number of ether oxygens (including phenoxy) is 3. The molecule has 0 spiro atoms. The molecular formula is C71H133NO10. The van der Waals surface area contributed by atoms with Gasteiger partial charge in [-0.1, -0.05) is 281 Å². The van der Waals surface area contributed by atoms with E-state index in [1.54, 1.807) is 6.08 Å². The molecule has 6 N–H and O–H groups in total. The molecule has 0 aromatic heterocycles. The summed E-state index contributed by atoms with van der Waals surface area (Å²) in [6.45, 7) is 4.33. The van der Waals surface area contributed by atoms with Crippen LogP contribution in [0.3, 0.4) is 0 Å². The van der Waals surface area contributed by atoms with Gasteiger partial charge in [0.2, 0.25) is 5.91 Å². The highest BCUT2D eigenvalue weighted by atomic mass is 16.7. The molecule has 0 aromatic carbocycles. The molecule has 11 nitrogen and oxygen atoms in total. The molecule has 1 aliphatic rings. The number of hydrogen-bond donors (Lipinski definition) is 6. The van der Waals surface area contributed by atoms with Gasteiger partial charge in [0.15, 0.2) is 6.29 Å². The van der Waals surface area contributed by atoms with Crippen molar-refractivity contribution in [1.82, 2.24) is 5.32 Å². The van der Waals surface area contributed by atoms with Gasteiger partial charge in [-0.05, 0) is 83.5 Å². The first-order valence-corrected chi connectivity index (χ1v) is 35.3. The summed E-state index contributed by atoms with van der Waals surface area (Å²) in [4.78, 5) is 25.1. The van der Waals surface area contributed by atoms with Crippen molar-refractivity contribution >= 4 is 11.9 Å². The van der Waals surface area contributed by atoms with Crippen molar-refractivity contribution in [3.63, 3.8) is 0 Å². The van der Waals surface area contributed by atoms with Gasteiger partial charge in [0.25, 0.3) is 0 Å². The second-order valence-corrected chi connectivity index (χ2v) is 24.6. The fraction of sp³-hybridized carbons (Fsp3) is 0.887. The van der Waals surface area contributed by atoms with E-state index in [0.717, 1.165) is 57.8 Å². The summed E-state index contributed by atoms with van der Waals surface area (Å²) in [5.74, 6) is -0.181. The number of carbonyl (C=O) groups excluding carboxylic acids is 2. The monoisotopic (exact) mass is 1160 g/mol. The molecule has 0 radical (unpaired) electrons. The van der Waals surface area contributed by atoms with Crippen LogP contribution in [0.4, 0.5) is 0 Å². The number of aliphatic hydroxyl groups excluding tert-OH is 5. The second-order valence-electron chi connectivity index (χ2n) is 24.6. The third kappa shape index (κ3) is 49.0. The number of nitrogens with one attached hydrogen (secondary N) is 1. The third-order valence-electron chi connectivity index (χ3n) is 16.7. The lowest BCUT2D eigenvalue weighted by Gasteiger charge is -2.40. The van der Waals surface area contributed by atoms with Crippen molar-refractivity contribution < 1.29 is 49.3 Å². The summed E-state index contributed by atoms with van der Waals surface area (Å²) >= 11 is 0. The normalized spacial score (nSPS) is 18.4. The summed E-state index contributed by atoms with van der Waals surface area (Å²) < 4.78 is 16.7. The van der Waals surface area contributed by atoms with E-state index in [2.05, 4.69) is 43.5 Å². The van der Waals surface area contributed by atoms with E-state index >= 15 is 0 Å². The van der Waals surface area contributed by atoms with Crippen molar-refractivity contribution in [2.75, 3.05) is 19.8 Å². The van der Waals surface area contributed by atoms with Gasteiger partial charge in [-0.15, -0.1) is 0 Å². The molecule has 1 rings (SSSR count). The van der Waals surface area contributed by atoms with Crippen LogP contribution in [0.15, 0.2) is 36.5 Å². The molecule has 1 amide bonds. The van der Waals surface area contributed by atoms with Crippen LogP contribution in [0.5, 0.6) is 0 Å². The van der Waals surface area contributed by atoms with Gasteiger partial charge in [-0.25, -0.2) is 0 Å². The number of hydrogen-bond acceptors (Lipinski definition) is 10. The van der Waals surface area contributed by atoms with Crippen molar-refractivity contribution in [3.8, 4) is 0 Å². The molecule has 0 saturated carbocycles. The molecule has 1 saturated heterocycles. The number of amides is 1. The van der Waals surface area contributed by atoms with Crippen LogP contribution in [0.25, 0.3) is 0 Å². The maximum absolute atomic E-state index is 13.0. The minimum Gasteiger partial charge on any atom is -0.466 e. The molecule has 0 aliphatic carbocycles. The number of rotatable bonds is 62. The minimum atomic E-state index is -1.57. The first-order chi connectivity index (χ1) is 40.2. The fourth-order valence-electron chi connectivity index (χ4n) is 11.1. The number of carbonyl (C=O) groups is 2. The van der Waals surface area contributed by atoms with Gasteiger partial charge in [-0.3, -0.25) is 9.59 Å². The molecule has 7 atom stereocenters. The Morgan fingerprint density at radius 1 is 0.439 bits per heavy atom.